The Bertz CT molecular complexity index is 991. The first kappa shape index (κ1) is 19.9. The van der Waals surface area contributed by atoms with Crippen LogP contribution in [0.3, 0.4) is 0 Å². The first-order chi connectivity index (χ1) is 12.5. The average molecular weight is 383 g/mol. The van der Waals surface area contributed by atoms with Gasteiger partial charge in [-0.2, -0.15) is 0 Å². The number of hydrogen-bond acceptors (Lipinski definition) is 2. The Morgan fingerprint density at radius 2 is 1.56 bits per heavy atom. The van der Waals surface area contributed by atoms with Crippen molar-refractivity contribution < 1.29 is 8.42 Å². The Balaban J connectivity index is 1.94. The summed E-state index contributed by atoms with van der Waals surface area (Å²) in [6.45, 7) is 13.1. The van der Waals surface area contributed by atoms with Crippen molar-refractivity contribution in [3.63, 3.8) is 0 Å². The fourth-order valence-electron chi connectivity index (χ4n) is 4.51. The maximum absolute atomic E-state index is 12.0. The van der Waals surface area contributed by atoms with Gasteiger partial charge in [0.25, 0.3) is 0 Å². The highest BCUT2D eigenvalue weighted by Crippen LogP contribution is 2.49. The van der Waals surface area contributed by atoms with Crippen LogP contribution in [-0.2, 0) is 20.7 Å². The molecule has 0 saturated heterocycles. The largest absolute Gasteiger partial charge is 0.224 e. The highest BCUT2D eigenvalue weighted by atomic mass is 32.2. The molecule has 1 aliphatic rings. The monoisotopic (exact) mass is 382 g/mol. The molecular weight excluding hydrogens is 352 g/mol. The molecule has 3 rings (SSSR count). The molecule has 0 bridgehead atoms. The van der Waals surface area contributed by atoms with Crippen molar-refractivity contribution in [3.8, 4) is 0 Å². The standard InChI is InChI=1S/C24H30O2S/c1-7-27(25,26)20-11-8-18(9-12-20)14-17(2)19-10-13-21-22(15-19)24(5,6)16-23(21,3)4/h8-15H,7,16H2,1-6H3/b17-14+. The summed E-state index contributed by atoms with van der Waals surface area (Å²) < 4.78 is 23.9. The minimum absolute atomic E-state index is 0.127. The Labute approximate surface area is 164 Å². The van der Waals surface area contributed by atoms with Gasteiger partial charge in [-0.05, 0) is 64.1 Å². The minimum Gasteiger partial charge on any atom is -0.224 e. The second-order valence-corrected chi connectivity index (χ2v) is 11.3. The van der Waals surface area contributed by atoms with E-state index in [1.807, 2.05) is 12.1 Å². The van der Waals surface area contributed by atoms with E-state index in [1.165, 1.54) is 22.3 Å². The first-order valence-corrected chi connectivity index (χ1v) is 11.3. The lowest BCUT2D eigenvalue weighted by atomic mass is 9.82. The SMILES string of the molecule is CCS(=O)(=O)c1ccc(/C=C(\C)c2ccc3c(c2)C(C)(C)CC3(C)C)cc1. The molecule has 27 heavy (non-hydrogen) atoms. The van der Waals surface area contributed by atoms with Gasteiger partial charge in [-0.3, -0.25) is 0 Å². The Morgan fingerprint density at radius 3 is 2.15 bits per heavy atom. The molecule has 144 valence electrons. The van der Waals surface area contributed by atoms with E-state index in [0.29, 0.717) is 4.90 Å². The van der Waals surface area contributed by atoms with E-state index in [0.717, 1.165) is 12.0 Å². The van der Waals surface area contributed by atoms with Crippen LogP contribution in [0.5, 0.6) is 0 Å². The third kappa shape index (κ3) is 3.75. The van der Waals surface area contributed by atoms with Crippen molar-refractivity contribution in [2.75, 3.05) is 5.75 Å². The fraction of sp³-hybridized carbons (Fsp3) is 0.417. The van der Waals surface area contributed by atoms with Crippen LogP contribution in [0.2, 0.25) is 0 Å². The molecular formula is C24H30O2S. The van der Waals surface area contributed by atoms with Crippen LogP contribution in [0.15, 0.2) is 47.4 Å². The summed E-state index contributed by atoms with van der Waals surface area (Å²) in [4.78, 5) is 0.390. The zero-order valence-electron chi connectivity index (χ0n) is 17.3. The van der Waals surface area contributed by atoms with Gasteiger partial charge in [0.1, 0.15) is 0 Å². The molecule has 0 N–H and O–H groups in total. The van der Waals surface area contributed by atoms with E-state index in [4.69, 9.17) is 0 Å². The number of sulfone groups is 1. The lowest BCUT2D eigenvalue weighted by molar-refractivity contribution is 0.403. The second kappa shape index (κ2) is 6.63. The molecule has 0 heterocycles. The predicted octanol–water partition coefficient (Wildman–Crippen LogP) is 6.00. The molecule has 0 radical (unpaired) electrons. The Morgan fingerprint density at radius 1 is 0.963 bits per heavy atom. The van der Waals surface area contributed by atoms with Crippen LogP contribution in [0, 0.1) is 0 Å². The molecule has 0 aromatic heterocycles. The third-order valence-electron chi connectivity index (χ3n) is 5.82. The summed E-state index contributed by atoms with van der Waals surface area (Å²) in [7, 11) is -3.15. The van der Waals surface area contributed by atoms with Gasteiger partial charge in [-0.25, -0.2) is 8.42 Å². The molecule has 0 unspecified atom stereocenters. The average Bonchev–Trinajstić information content (AvgIpc) is 2.79. The van der Waals surface area contributed by atoms with E-state index < -0.39 is 9.84 Å². The van der Waals surface area contributed by atoms with Crippen LogP contribution in [0.4, 0.5) is 0 Å². The quantitative estimate of drug-likeness (QED) is 0.608. The van der Waals surface area contributed by atoms with Crippen LogP contribution >= 0.6 is 0 Å². The number of benzene rings is 2. The van der Waals surface area contributed by atoms with E-state index in [-0.39, 0.29) is 16.6 Å². The molecule has 0 amide bonds. The lowest BCUT2D eigenvalue weighted by Crippen LogP contribution is -2.17. The highest BCUT2D eigenvalue weighted by molar-refractivity contribution is 7.91. The smallest absolute Gasteiger partial charge is 0.178 e. The molecule has 0 aliphatic heterocycles. The maximum atomic E-state index is 12.0. The normalized spacial score (nSPS) is 18.4. The molecule has 2 aromatic carbocycles. The lowest BCUT2D eigenvalue weighted by Gasteiger charge is -2.22. The van der Waals surface area contributed by atoms with E-state index in [1.54, 1.807) is 19.1 Å². The van der Waals surface area contributed by atoms with Gasteiger partial charge in [0, 0.05) is 0 Å². The van der Waals surface area contributed by atoms with Gasteiger partial charge in [0.15, 0.2) is 9.84 Å². The second-order valence-electron chi connectivity index (χ2n) is 9.00. The van der Waals surface area contributed by atoms with Crippen LogP contribution in [0.25, 0.3) is 11.6 Å². The van der Waals surface area contributed by atoms with Gasteiger partial charge < -0.3 is 0 Å². The molecule has 1 aliphatic carbocycles. The van der Waals surface area contributed by atoms with Crippen molar-refractivity contribution in [3.05, 3.63) is 64.7 Å². The Kier molecular flexibility index (Phi) is 4.88. The molecule has 0 saturated carbocycles. The van der Waals surface area contributed by atoms with Gasteiger partial charge in [0.05, 0.1) is 10.6 Å². The topological polar surface area (TPSA) is 34.1 Å². The van der Waals surface area contributed by atoms with Crippen LogP contribution < -0.4 is 0 Å². The van der Waals surface area contributed by atoms with Gasteiger partial charge in [-0.1, -0.05) is 71.0 Å². The third-order valence-corrected chi connectivity index (χ3v) is 7.57. The van der Waals surface area contributed by atoms with Crippen LogP contribution in [0.1, 0.15) is 70.2 Å². The number of rotatable bonds is 4. The van der Waals surface area contributed by atoms with Crippen molar-refractivity contribution in [1.29, 1.82) is 0 Å². The zero-order valence-corrected chi connectivity index (χ0v) is 18.1. The van der Waals surface area contributed by atoms with E-state index >= 15 is 0 Å². The van der Waals surface area contributed by atoms with Crippen molar-refractivity contribution >= 4 is 21.5 Å². The summed E-state index contributed by atoms with van der Waals surface area (Å²) in [6.07, 6.45) is 3.28. The van der Waals surface area contributed by atoms with Gasteiger partial charge >= 0.3 is 0 Å². The summed E-state index contributed by atoms with van der Waals surface area (Å²) in [5.41, 5.74) is 6.73. The molecule has 2 nitrogen and oxygen atoms in total. The minimum atomic E-state index is -3.15. The highest BCUT2D eigenvalue weighted by Gasteiger charge is 2.41. The van der Waals surface area contributed by atoms with Crippen molar-refractivity contribution in [2.45, 2.75) is 63.7 Å². The Hall–Kier alpha value is -1.87. The summed E-state index contributed by atoms with van der Waals surface area (Å²) in [5, 5.41) is 0. The van der Waals surface area contributed by atoms with Crippen molar-refractivity contribution in [2.24, 2.45) is 0 Å². The maximum Gasteiger partial charge on any atom is 0.178 e. The molecule has 0 fully saturated rings. The van der Waals surface area contributed by atoms with E-state index in [9.17, 15) is 8.42 Å². The van der Waals surface area contributed by atoms with Gasteiger partial charge in [-0.15, -0.1) is 0 Å². The first-order valence-electron chi connectivity index (χ1n) is 9.63. The number of allylic oxidation sites excluding steroid dienone is 1. The predicted molar refractivity (Wildman–Crippen MR) is 115 cm³/mol. The van der Waals surface area contributed by atoms with Crippen molar-refractivity contribution in [1.82, 2.24) is 0 Å². The van der Waals surface area contributed by atoms with Crippen LogP contribution in [-0.4, -0.2) is 14.2 Å². The molecule has 0 spiro atoms. The summed E-state index contributed by atoms with van der Waals surface area (Å²) >= 11 is 0. The summed E-state index contributed by atoms with van der Waals surface area (Å²) in [5.74, 6) is 0.127. The summed E-state index contributed by atoms with van der Waals surface area (Å²) in [6, 6.07) is 14.0. The number of hydrogen-bond donors (Lipinski definition) is 0. The zero-order chi connectivity index (χ0) is 20.0. The number of fused-ring (bicyclic) bond motifs is 1. The molecule has 0 atom stereocenters. The van der Waals surface area contributed by atoms with E-state index in [2.05, 4.69) is 58.9 Å². The molecule has 2 aromatic rings. The fourth-order valence-corrected chi connectivity index (χ4v) is 5.39. The van der Waals surface area contributed by atoms with Gasteiger partial charge in [0.2, 0.25) is 0 Å². The molecule has 3 heteroatoms.